The molecular weight excluding hydrogens is 312 g/mol. The Kier molecular flexibility index (Phi) is 4.82. The Balaban J connectivity index is 1.30. The zero-order valence-electron chi connectivity index (χ0n) is 15.5. The van der Waals surface area contributed by atoms with E-state index < -0.39 is 0 Å². The van der Waals surface area contributed by atoms with E-state index in [1.165, 1.54) is 51.6 Å². The summed E-state index contributed by atoms with van der Waals surface area (Å²) < 4.78 is 0. The van der Waals surface area contributed by atoms with E-state index in [4.69, 9.17) is 5.73 Å². The number of nitrogen functional groups attached to an aromatic ring is 1. The number of rotatable bonds is 2. The average Bonchev–Trinajstić information content (AvgIpc) is 2.62. The molecule has 1 aliphatic carbocycles. The van der Waals surface area contributed by atoms with Gasteiger partial charge in [0.1, 0.15) is 5.82 Å². The second-order valence-corrected chi connectivity index (χ2v) is 8.23. The highest BCUT2D eigenvalue weighted by atomic mass is 15.3. The highest BCUT2D eigenvalue weighted by molar-refractivity contribution is 5.43. The normalized spacial score (nSPS) is 25.4. The summed E-state index contributed by atoms with van der Waals surface area (Å²) in [7, 11) is 0. The van der Waals surface area contributed by atoms with Crippen LogP contribution in [-0.4, -0.2) is 60.2 Å². The summed E-state index contributed by atoms with van der Waals surface area (Å²) in [5, 5.41) is 3.52. The van der Waals surface area contributed by atoms with Gasteiger partial charge in [0, 0.05) is 44.0 Å². The van der Waals surface area contributed by atoms with Gasteiger partial charge in [0.25, 0.3) is 0 Å². The van der Waals surface area contributed by atoms with Crippen LogP contribution in [-0.2, 0) is 0 Å². The van der Waals surface area contributed by atoms with Crippen LogP contribution in [0, 0.1) is 12.3 Å². The van der Waals surface area contributed by atoms with Crippen LogP contribution < -0.4 is 16.0 Å². The third-order valence-electron chi connectivity index (χ3n) is 6.69. The zero-order chi connectivity index (χ0) is 17.3. The van der Waals surface area contributed by atoms with Crippen molar-refractivity contribution in [3.05, 3.63) is 11.8 Å². The van der Waals surface area contributed by atoms with E-state index in [1.807, 2.05) is 13.0 Å². The van der Waals surface area contributed by atoms with Crippen LogP contribution in [0.3, 0.4) is 0 Å². The van der Waals surface area contributed by atoms with Crippen LogP contribution in [0.15, 0.2) is 6.07 Å². The van der Waals surface area contributed by atoms with E-state index >= 15 is 0 Å². The van der Waals surface area contributed by atoms with Gasteiger partial charge >= 0.3 is 0 Å². The number of nitrogens with one attached hydrogen (secondary N) is 1. The first-order chi connectivity index (χ1) is 12.1. The lowest BCUT2D eigenvalue weighted by Gasteiger charge is -2.47. The Labute approximate surface area is 151 Å². The number of anilines is 2. The second kappa shape index (κ2) is 7.08. The molecule has 4 rings (SSSR count). The molecule has 138 valence electrons. The molecule has 1 saturated carbocycles. The van der Waals surface area contributed by atoms with Gasteiger partial charge in [0.15, 0.2) is 0 Å². The summed E-state index contributed by atoms with van der Waals surface area (Å²) >= 11 is 0. The van der Waals surface area contributed by atoms with Gasteiger partial charge in [-0.1, -0.05) is 0 Å². The molecule has 1 spiro atoms. The molecule has 6 nitrogen and oxygen atoms in total. The van der Waals surface area contributed by atoms with Crippen molar-refractivity contribution in [2.75, 3.05) is 49.9 Å². The van der Waals surface area contributed by atoms with Gasteiger partial charge in [-0.05, 0) is 64.0 Å². The molecular formula is C19H32N6. The maximum absolute atomic E-state index is 5.81. The first-order valence-corrected chi connectivity index (χ1v) is 9.94. The molecule has 3 fully saturated rings. The smallest absolute Gasteiger partial charge is 0.222 e. The molecule has 0 bridgehead atoms. The average molecular weight is 345 g/mol. The number of nitrogens with zero attached hydrogens (tertiary/aromatic N) is 4. The van der Waals surface area contributed by atoms with Gasteiger partial charge < -0.3 is 16.0 Å². The maximum atomic E-state index is 5.81. The van der Waals surface area contributed by atoms with E-state index in [0.717, 1.165) is 43.7 Å². The summed E-state index contributed by atoms with van der Waals surface area (Å²) in [6.07, 6.45) is 8.42. The molecule has 0 aromatic carbocycles. The highest BCUT2D eigenvalue weighted by Gasteiger charge is 2.38. The molecule has 2 aliphatic heterocycles. The van der Waals surface area contributed by atoms with Crippen molar-refractivity contribution in [3.8, 4) is 0 Å². The number of piperidine rings is 1. The van der Waals surface area contributed by atoms with Gasteiger partial charge in [-0.15, -0.1) is 0 Å². The lowest BCUT2D eigenvalue weighted by atomic mass is 9.67. The molecule has 3 heterocycles. The van der Waals surface area contributed by atoms with Crippen molar-refractivity contribution in [1.29, 1.82) is 0 Å². The van der Waals surface area contributed by atoms with Crippen molar-refractivity contribution >= 4 is 11.8 Å². The van der Waals surface area contributed by atoms with E-state index in [0.29, 0.717) is 11.4 Å². The first kappa shape index (κ1) is 17.0. The van der Waals surface area contributed by atoms with Crippen LogP contribution in [0.5, 0.6) is 0 Å². The molecule has 0 atom stereocenters. The van der Waals surface area contributed by atoms with Gasteiger partial charge in [-0.3, -0.25) is 4.90 Å². The molecule has 1 aromatic rings. The summed E-state index contributed by atoms with van der Waals surface area (Å²) in [6, 6.07) is 2.84. The number of aromatic nitrogens is 2. The summed E-state index contributed by atoms with van der Waals surface area (Å²) in [6.45, 7) is 8.80. The van der Waals surface area contributed by atoms with E-state index in [1.54, 1.807) is 0 Å². The summed E-state index contributed by atoms with van der Waals surface area (Å²) in [5.41, 5.74) is 7.43. The molecule has 1 aromatic heterocycles. The second-order valence-electron chi connectivity index (χ2n) is 8.23. The van der Waals surface area contributed by atoms with Crippen molar-refractivity contribution in [1.82, 2.24) is 20.2 Å². The van der Waals surface area contributed by atoms with Gasteiger partial charge in [0.2, 0.25) is 5.95 Å². The number of hydrogen-bond donors (Lipinski definition) is 2. The predicted octanol–water partition coefficient (Wildman–Crippen LogP) is 1.80. The minimum absolute atomic E-state index is 0.386. The highest BCUT2D eigenvalue weighted by Crippen LogP contribution is 2.44. The van der Waals surface area contributed by atoms with Gasteiger partial charge in [-0.25, -0.2) is 4.98 Å². The SMILES string of the molecule is Cc1cc(N2CCN(C3CCC4(CCNCC4)CC3)CC2)nc(N)n1. The fraction of sp³-hybridized carbons (Fsp3) is 0.789. The number of nitrogens with two attached hydrogens (primary N) is 1. The van der Waals surface area contributed by atoms with E-state index in [9.17, 15) is 0 Å². The molecule has 3 N–H and O–H groups in total. The van der Waals surface area contributed by atoms with E-state index in [2.05, 4.69) is 25.1 Å². The first-order valence-electron chi connectivity index (χ1n) is 9.94. The minimum atomic E-state index is 0.386. The topological polar surface area (TPSA) is 70.3 Å². The molecule has 3 aliphatic rings. The van der Waals surface area contributed by atoms with Gasteiger partial charge in [-0.2, -0.15) is 4.98 Å². The quantitative estimate of drug-likeness (QED) is 0.853. The standard InChI is InChI=1S/C19H32N6/c1-15-14-17(23-18(20)22-15)25-12-10-24(11-13-25)16-2-4-19(5-3-16)6-8-21-9-7-19/h14,16,21H,2-13H2,1H3,(H2,20,22,23). The fourth-order valence-corrected chi connectivity index (χ4v) is 5.09. The zero-order valence-corrected chi connectivity index (χ0v) is 15.5. The number of piperazine rings is 1. The fourth-order valence-electron chi connectivity index (χ4n) is 5.09. The monoisotopic (exact) mass is 344 g/mol. The van der Waals surface area contributed by atoms with Crippen molar-refractivity contribution < 1.29 is 0 Å². The third-order valence-corrected chi connectivity index (χ3v) is 6.69. The molecule has 0 radical (unpaired) electrons. The number of aryl methyl sites for hydroxylation is 1. The molecule has 25 heavy (non-hydrogen) atoms. The van der Waals surface area contributed by atoms with Crippen LogP contribution >= 0.6 is 0 Å². The van der Waals surface area contributed by atoms with Crippen LogP contribution in [0.4, 0.5) is 11.8 Å². The van der Waals surface area contributed by atoms with E-state index in [-0.39, 0.29) is 0 Å². The molecule has 2 saturated heterocycles. The lowest BCUT2D eigenvalue weighted by Crippen LogP contribution is -2.52. The molecule has 0 amide bonds. The van der Waals surface area contributed by atoms with Crippen LogP contribution in [0.2, 0.25) is 0 Å². The van der Waals surface area contributed by atoms with Gasteiger partial charge in [0.05, 0.1) is 0 Å². The van der Waals surface area contributed by atoms with Crippen molar-refractivity contribution in [3.63, 3.8) is 0 Å². The Bertz CT molecular complexity index is 559. The maximum Gasteiger partial charge on any atom is 0.222 e. The van der Waals surface area contributed by atoms with Crippen LogP contribution in [0.1, 0.15) is 44.2 Å². The Morgan fingerprint density at radius 3 is 2.36 bits per heavy atom. The van der Waals surface area contributed by atoms with Crippen molar-refractivity contribution in [2.45, 2.75) is 51.5 Å². The lowest BCUT2D eigenvalue weighted by molar-refractivity contribution is 0.0626. The number of hydrogen-bond acceptors (Lipinski definition) is 6. The summed E-state index contributed by atoms with van der Waals surface area (Å²) in [4.78, 5) is 13.7. The van der Waals surface area contributed by atoms with Crippen molar-refractivity contribution in [2.24, 2.45) is 5.41 Å². The molecule has 6 heteroatoms. The predicted molar refractivity (Wildman–Crippen MR) is 102 cm³/mol. The van der Waals surface area contributed by atoms with Crippen LogP contribution in [0.25, 0.3) is 0 Å². The molecule has 0 unspecified atom stereocenters. The summed E-state index contributed by atoms with van der Waals surface area (Å²) in [5.74, 6) is 1.37. The Morgan fingerprint density at radius 1 is 1.04 bits per heavy atom. The Morgan fingerprint density at radius 2 is 1.72 bits per heavy atom. The largest absolute Gasteiger partial charge is 0.368 e. The third kappa shape index (κ3) is 3.75. The Hall–Kier alpha value is -1.40. The minimum Gasteiger partial charge on any atom is -0.368 e.